The smallest absolute Gasteiger partial charge is 0.173 e. The summed E-state index contributed by atoms with van der Waals surface area (Å²) in [5, 5.41) is 11.2. The first-order valence-corrected chi connectivity index (χ1v) is 7.92. The van der Waals surface area contributed by atoms with Gasteiger partial charge in [-0.05, 0) is 17.5 Å². The van der Waals surface area contributed by atoms with Gasteiger partial charge in [0.15, 0.2) is 5.78 Å². The lowest BCUT2D eigenvalue weighted by Gasteiger charge is -2.29. The predicted molar refractivity (Wildman–Crippen MR) is 85.0 cm³/mol. The van der Waals surface area contributed by atoms with E-state index >= 15 is 0 Å². The summed E-state index contributed by atoms with van der Waals surface area (Å²) in [6, 6.07) is 3.13. The number of rotatable bonds is 2. The average Bonchev–Trinajstić information content (AvgIpc) is 2.28. The SMILES string of the molecule is CC1(C)CC(=O)C(Sc2cc(Cl)c(Cl)cc2Cl)=C(O)C1. The highest BCUT2D eigenvalue weighted by molar-refractivity contribution is 8.04. The summed E-state index contributed by atoms with van der Waals surface area (Å²) in [5.74, 6) is 0.0317. The third-order valence-electron chi connectivity index (χ3n) is 2.99. The third-order valence-corrected chi connectivity index (χ3v) is 5.36. The van der Waals surface area contributed by atoms with Crippen LogP contribution >= 0.6 is 46.6 Å². The molecule has 2 nitrogen and oxygen atoms in total. The van der Waals surface area contributed by atoms with Crippen molar-refractivity contribution in [1.29, 1.82) is 0 Å². The van der Waals surface area contributed by atoms with Crippen LogP contribution in [0.2, 0.25) is 15.1 Å². The lowest BCUT2D eigenvalue weighted by molar-refractivity contribution is -0.117. The van der Waals surface area contributed by atoms with Crippen LogP contribution in [0, 0.1) is 5.41 Å². The molecule has 0 aliphatic heterocycles. The Morgan fingerprint density at radius 1 is 1.10 bits per heavy atom. The molecule has 0 bridgehead atoms. The van der Waals surface area contributed by atoms with Gasteiger partial charge in [-0.1, -0.05) is 60.4 Å². The van der Waals surface area contributed by atoms with E-state index in [1.165, 1.54) is 6.07 Å². The first kappa shape index (κ1) is 16.0. The van der Waals surface area contributed by atoms with Gasteiger partial charge in [0.25, 0.3) is 0 Å². The molecule has 0 spiro atoms. The summed E-state index contributed by atoms with van der Waals surface area (Å²) >= 11 is 19.1. The standard InChI is InChI=1S/C14H13Cl3O2S/c1-14(2)5-10(18)13(11(19)6-14)20-12-4-8(16)7(15)3-9(12)17/h3-4,18H,5-6H2,1-2H3. The van der Waals surface area contributed by atoms with E-state index in [1.807, 2.05) is 13.8 Å². The summed E-state index contributed by atoms with van der Waals surface area (Å²) in [5.41, 5.74) is -0.216. The van der Waals surface area contributed by atoms with Crippen LogP contribution < -0.4 is 0 Å². The maximum Gasteiger partial charge on any atom is 0.173 e. The fourth-order valence-electron chi connectivity index (χ4n) is 2.08. The number of hydrogen-bond acceptors (Lipinski definition) is 3. The Labute approximate surface area is 137 Å². The zero-order valence-electron chi connectivity index (χ0n) is 11.0. The quantitative estimate of drug-likeness (QED) is 0.674. The minimum absolute atomic E-state index is 0.0779. The molecule has 0 radical (unpaired) electrons. The second-order valence-corrected chi connectivity index (χ2v) is 7.79. The van der Waals surface area contributed by atoms with Gasteiger partial charge in [0, 0.05) is 17.7 Å². The topological polar surface area (TPSA) is 37.3 Å². The van der Waals surface area contributed by atoms with Gasteiger partial charge in [-0.3, -0.25) is 4.79 Å². The number of benzene rings is 1. The summed E-state index contributed by atoms with van der Waals surface area (Å²) in [6.45, 7) is 3.91. The van der Waals surface area contributed by atoms with E-state index < -0.39 is 0 Å². The van der Waals surface area contributed by atoms with E-state index in [2.05, 4.69) is 0 Å². The van der Waals surface area contributed by atoms with Crippen LogP contribution in [0.5, 0.6) is 0 Å². The van der Waals surface area contributed by atoms with Crippen molar-refractivity contribution in [2.24, 2.45) is 5.41 Å². The van der Waals surface area contributed by atoms with E-state index in [9.17, 15) is 9.90 Å². The van der Waals surface area contributed by atoms with Crippen LogP contribution in [0.25, 0.3) is 0 Å². The lowest BCUT2D eigenvalue weighted by Crippen LogP contribution is -2.24. The number of halogens is 3. The summed E-state index contributed by atoms with van der Waals surface area (Å²) in [4.78, 5) is 13.1. The molecule has 1 aliphatic rings. The Morgan fingerprint density at radius 2 is 1.70 bits per heavy atom. The van der Waals surface area contributed by atoms with Gasteiger partial charge < -0.3 is 5.11 Å². The Kier molecular flexibility index (Phi) is 4.65. The number of aliphatic hydroxyl groups is 1. The number of allylic oxidation sites excluding steroid dienone is 2. The molecule has 0 fully saturated rings. The molecule has 0 amide bonds. The third kappa shape index (κ3) is 3.45. The number of aliphatic hydroxyl groups excluding tert-OH is 1. The van der Waals surface area contributed by atoms with Gasteiger partial charge in [-0.2, -0.15) is 0 Å². The fourth-order valence-corrected chi connectivity index (χ4v) is 3.74. The number of carbonyl (C=O) groups excluding carboxylic acids is 1. The number of hydrogen-bond donors (Lipinski definition) is 1. The molecule has 1 aliphatic carbocycles. The maximum absolute atomic E-state index is 12.1. The monoisotopic (exact) mass is 350 g/mol. The van der Waals surface area contributed by atoms with Gasteiger partial charge in [-0.15, -0.1) is 0 Å². The van der Waals surface area contributed by atoms with Crippen LogP contribution in [0.3, 0.4) is 0 Å². The Bertz CT molecular complexity index is 609. The summed E-state index contributed by atoms with van der Waals surface area (Å²) < 4.78 is 0. The first-order valence-electron chi connectivity index (χ1n) is 5.97. The van der Waals surface area contributed by atoms with E-state index in [-0.39, 0.29) is 17.0 Å². The highest BCUT2D eigenvalue weighted by Crippen LogP contribution is 2.44. The Hall–Kier alpha value is -0.350. The van der Waals surface area contributed by atoms with Crippen molar-refractivity contribution in [2.45, 2.75) is 31.6 Å². The normalized spacial score (nSPS) is 18.6. The minimum Gasteiger partial charge on any atom is -0.511 e. The highest BCUT2D eigenvalue weighted by atomic mass is 35.5. The minimum atomic E-state index is -0.216. The molecule has 108 valence electrons. The van der Waals surface area contributed by atoms with E-state index in [0.717, 1.165) is 11.8 Å². The van der Waals surface area contributed by atoms with Gasteiger partial charge in [0.05, 0.1) is 20.0 Å². The number of carbonyl (C=O) groups is 1. The second-order valence-electron chi connectivity index (χ2n) is 5.52. The molecule has 1 N–H and O–H groups in total. The molecule has 0 aromatic heterocycles. The maximum atomic E-state index is 12.1. The average molecular weight is 352 g/mol. The van der Waals surface area contributed by atoms with E-state index in [0.29, 0.717) is 37.7 Å². The van der Waals surface area contributed by atoms with Crippen molar-refractivity contribution in [2.75, 3.05) is 0 Å². The molecular formula is C14H13Cl3O2S. The second kappa shape index (κ2) is 5.80. The van der Waals surface area contributed by atoms with Crippen LogP contribution in [0.15, 0.2) is 27.7 Å². The zero-order valence-corrected chi connectivity index (χ0v) is 14.1. The van der Waals surface area contributed by atoms with Crippen molar-refractivity contribution in [3.05, 3.63) is 37.9 Å². The largest absolute Gasteiger partial charge is 0.511 e. The molecule has 1 aromatic carbocycles. The number of thioether (sulfide) groups is 1. The molecule has 0 heterocycles. The van der Waals surface area contributed by atoms with Crippen LogP contribution in [0.4, 0.5) is 0 Å². The van der Waals surface area contributed by atoms with Crippen molar-refractivity contribution < 1.29 is 9.90 Å². The van der Waals surface area contributed by atoms with Crippen LogP contribution in [0.1, 0.15) is 26.7 Å². The van der Waals surface area contributed by atoms with E-state index in [4.69, 9.17) is 34.8 Å². The first-order chi connectivity index (χ1) is 9.19. The number of ketones is 1. The highest BCUT2D eigenvalue weighted by Gasteiger charge is 2.33. The van der Waals surface area contributed by atoms with Crippen molar-refractivity contribution in [1.82, 2.24) is 0 Å². The molecule has 0 saturated carbocycles. The molecule has 6 heteroatoms. The number of Topliss-reactive ketones (excluding diaryl/α,β-unsaturated/α-hetero) is 1. The zero-order chi connectivity index (χ0) is 15.1. The Morgan fingerprint density at radius 3 is 2.30 bits per heavy atom. The van der Waals surface area contributed by atoms with Gasteiger partial charge >= 0.3 is 0 Å². The molecule has 2 rings (SSSR count). The predicted octanol–water partition coefficient (Wildman–Crippen LogP) is 5.90. The fraction of sp³-hybridized carbons (Fsp3) is 0.357. The van der Waals surface area contributed by atoms with Crippen LogP contribution in [-0.4, -0.2) is 10.9 Å². The molecule has 0 atom stereocenters. The Balaban J connectivity index is 2.35. The summed E-state index contributed by atoms with van der Waals surface area (Å²) in [7, 11) is 0. The van der Waals surface area contributed by atoms with Gasteiger partial charge in [0.1, 0.15) is 5.76 Å². The van der Waals surface area contributed by atoms with Crippen molar-refractivity contribution in [3.8, 4) is 0 Å². The van der Waals surface area contributed by atoms with Gasteiger partial charge in [-0.25, -0.2) is 0 Å². The lowest BCUT2D eigenvalue weighted by atomic mass is 9.79. The molecule has 1 aromatic rings. The molecular weight excluding hydrogens is 339 g/mol. The summed E-state index contributed by atoms with van der Waals surface area (Å²) in [6.07, 6.45) is 0.873. The molecule has 0 saturated heterocycles. The van der Waals surface area contributed by atoms with E-state index in [1.54, 1.807) is 6.07 Å². The molecule has 0 unspecified atom stereocenters. The van der Waals surface area contributed by atoms with Crippen LogP contribution in [-0.2, 0) is 4.79 Å². The van der Waals surface area contributed by atoms with Crippen molar-refractivity contribution in [3.63, 3.8) is 0 Å². The van der Waals surface area contributed by atoms with Crippen molar-refractivity contribution >= 4 is 52.3 Å². The van der Waals surface area contributed by atoms with Gasteiger partial charge in [0.2, 0.25) is 0 Å². The molecule has 20 heavy (non-hydrogen) atoms.